The number of hydrogen-bond donors (Lipinski definition) is 0. The number of amides is 1. The van der Waals surface area contributed by atoms with Crippen molar-refractivity contribution < 1.29 is 9.53 Å². The maximum Gasteiger partial charge on any atom is 0.274 e. The van der Waals surface area contributed by atoms with E-state index in [0.29, 0.717) is 11.7 Å². The van der Waals surface area contributed by atoms with Crippen LogP contribution >= 0.6 is 0 Å². The lowest BCUT2D eigenvalue weighted by Crippen LogP contribution is -2.47. The van der Waals surface area contributed by atoms with E-state index in [0.717, 1.165) is 64.6 Å². The number of nitrogens with zero attached hydrogens (tertiary/aromatic N) is 5. The van der Waals surface area contributed by atoms with Crippen LogP contribution in [0.25, 0.3) is 0 Å². The zero-order chi connectivity index (χ0) is 16.9. The number of likely N-dealkylation sites (N-methyl/N-ethyl adjacent to an activating group) is 1. The minimum atomic E-state index is -0.00326. The topological polar surface area (TPSA) is 61.8 Å². The number of morpholine rings is 1. The minimum absolute atomic E-state index is 0.00326. The first-order valence-electron chi connectivity index (χ1n) is 8.79. The van der Waals surface area contributed by atoms with Crippen LogP contribution in [0.5, 0.6) is 0 Å². The monoisotopic (exact) mass is 333 g/mol. The molecule has 1 aromatic rings. The van der Waals surface area contributed by atoms with Crippen LogP contribution in [0.3, 0.4) is 0 Å². The molecule has 7 nitrogen and oxygen atoms in total. The number of aromatic nitrogens is 2. The Morgan fingerprint density at radius 1 is 1.25 bits per heavy atom. The molecular weight excluding hydrogens is 306 g/mol. The van der Waals surface area contributed by atoms with Crippen LogP contribution in [0, 0.1) is 0 Å². The van der Waals surface area contributed by atoms with Crippen LogP contribution in [0.2, 0.25) is 0 Å². The molecule has 0 saturated carbocycles. The summed E-state index contributed by atoms with van der Waals surface area (Å²) in [5.74, 6) is 0.747. The van der Waals surface area contributed by atoms with Gasteiger partial charge in [0.05, 0.1) is 25.6 Å². The van der Waals surface area contributed by atoms with Crippen molar-refractivity contribution in [1.82, 2.24) is 19.8 Å². The summed E-state index contributed by atoms with van der Waals surface area (Å²) >= 11 is 0. The van der Waals surface area contributed by atoms with Crippen molar-refractivity contribution in [3.63, 3.8) is 0 Å². The highest BCUT2D eigenvalue weighted by Gasteiger charge is 2.22. The molecule has 3 heterocycles. The molecule has 7 heteroatoms. The summed E-state index contributed by atoms with van der Waals surface area (Å²) in [4.78, 5) is 27.6. The number of carbonyl (C=O) groups excluding carboxylic acids is 1. The third kappa shape index (κ3) is 4.02. The van der Waals surface area contributed by atoms with Crippen molar-refractivity contribution in [2.45, 2.75) is 25.8 Å². The molecule has 1 amide bonds. The van der Waals surface area contributed by atoms with Crippen LogP contribution in [0.1, 0.15) is 30.3 Å². The van der Waals surface area contributed by atoms with Gasteiger partial charge in [0.15, 0.2) is 0 Å². The van der Waals surface area contributed by atoms with Gasteiger partial charge in [-0.3, -0.25) is 14.7 Å². The molecule has 2 aliphatic rings. The number of ether oxygens (including phenoxy) is 1. The Morgan fingerprint density at radius 3 is 2.67 bits per heavy atom. The van der Waals surface area contributed by atoms with Crippen molar-refractivity contribution in [3.8, 4) is 0 Å². The highest BCUT2D eigenvalue weighted by atomic mass is 16.5. The maximum absolute atomic E-state index is 12.5. The molecule has 24 heavy (non-hydrogen) atoms. The van der Waals surface area contributed by atoms with E-state index >= 15 is 0 Å². The van der Waals surface area contributed by atoms with E-state index in [1.54, 1.807) is 12.4 Å². The van der Waals surface area contributed by atoms with Crippen LogP contribution in [0.15, 0.2) is 12.4 Å². The van der Waals surface area contributed by atoms with Crippen LogP contribution in [-0.2, 0) is 4.74 Å². The van der Waals surface area contributed by atoms with E-state index < -0.39 is 0 Å². The lowest BCUT2D eigenvalue weighted by molar-refractivity contribution is 0.0217. The first kappa shape index (κ1) is 17.1. The van der Waals surface area contributed by atoms with Gasteiger partial charge in [0, 0.05) is 45.8 Å². The van der Waals surface area contributed by atoms with Crippen molar-refractivity contribution in [2.24, 2.45) is 0 Å². The van der Waals surface area contributed by atoms with Crippen molar-refractivity contribution >= 4 is 11.7 Å². The van der Waals surface area contributed by atoms with Gasteiger partial charge >= 0.3 is 0 Å². The third-order valence-electron chi connectivity index (χ3n) is 4.83. The predicted octanol–water partition coefficient (Wildman–Crippen LogP) is 0.870. The second-order valence-electron chi connectivity index (χ2n) is 6.64. The molecule has 0 unspecified atom stereocenters. The van der Waals surface area contributed by atoms with E-state index in [9.17, 15) is 4.79 Å². The second kappa shape index (κ2) is 7.90. The summed E-state index contributed by atoms with van der Waals surface area (Å²) in [5, 5.41) is 0. The first-order valence-corrected chi connectivity index (χ1v) is 8.79. The van der Waals surface area contributed by atoms with Crippen LogP contribution in [0.4, 0.5) is 5.82 Å². The van der Waals surface area contributed by atoms with Crippen molar-refractivity contribution in [1.29, 1.82) is 0 Å². The summed E-state index contributed by atoms with van der Waals surface area (Å²) in [5.41, 5.74) is 0.445. The van der Waals surface area contributed by atoms with Gasteiger partial charge in [0.1, 0.15) is 11.5 Å². The van der Waals surface area contributed by atoms with Crippen molar-refractivity contribution in [3.05, 3.63) is 18.1 Å². The number of carbonyl (C=O) groups is 1. The van der Waals surface area contributed by atoms with Gasteiger partial charge in [-0.05, 0) is 19.8 Å². The fourth-order valence-corrected chi connectivity index (χ4v) is 3.35. The lowest BCUT2D eigenvalue weighted by atomic mass is 10.2. The first-order chi connectivity index (χ1) is 11.6. The molecule has 0 spiro atoms. The van der Waals surface area contributed by atoms with Gasteiger partial charge in [-0.2, -0.15) is 0 Å². The number of anilines is 1. The maximum atomic E-state index is 12.5. The third-order valence-corrected chi connectivity index (χ3v) is 4.83. The SMILES string of the molecule is C[C@H](CN(C)c1cncc(C(=O)N2CCCC2)n1)N1CCOCC1. The molecule has 2 aliphatic heterocycles. The second-order valence-corrected chi connectivity index (χ2v) is 6.64. The molecule has 2 saturated heterocycles. The molecule has 0 radical (unpaired) electrons. The fourth-order valence-electron chi connectivity index (χ4n) is 3.35. The Balaban J connectivity index is 1.63. The lowest BCUT2D eigenvalue weighted by Gasteiger charge is -2.34. The number of hydrogen-bond acceptors (Lipinski definition) is 6. The standard InChI is InChI=1S/C17H27N5O2/c1-14(21-7-9-24-10-8-21)13-20(2)16-12-18-11-15(19-16)17(23)22-5-3-4-6-22/h11-12,14H,3-10,13H2,1-2H3/t14-/m1/s1. The van der Waals surface area contributed by atoms with Gasteiger partial charge in [-0.25, -0.2) is 4.98 Å². The summed E-state index contributed by atoms with van der Waals surface area (Å²) in [6.45, 7) is 8.25. The molecule has 1 aromatic heterocycles. The quantitative estimate of drug-likeness (QED) is 0.797. The molecular formula is C17H27N5O2. The Kier molecular flexibility index (Phi) is 5.63. The van der Waals surface area contributed by atoms with E-state index in [1.165, 1.54) is 0 Å². The van der Waals surface area contributed by atoms with Gasteiger partial charge in [-0.1, -0.05) is 0 Å². The highest BCUT2D eigenvalue weighted by Crippen LogP contribution is 2.15. The summed E-state index contributed by atoms with van der Waals surface area (Å²) in [7, 11) is 2.01. The van der Waals surface area contributed by atoms with E-state index in [-0.39, 0.29) is 5.91 Å². The zero-order valence-electron chi connectivity index (χ0n) is 14.6. The molecule has 0 aliphatic carbocycles. The van der Waals surface area contributed by atoms with Gasteiger partial charge in [0.2, 0.25) is 0 Å². The van der Waals surface area contributed by atoms with Crippen molar-refractivity contribution in [2.75, 3.05) is 57.9 Å². The molecule has 2 fully saturated rings. The highest BCUT2D eigenvalue weighted by molar-refractivity contribution is 5.92. The Morgan fingerprint density at radius 2 is 1.96 bits per heavy atom. The van der Waals surface area contributed by atoms with E-state index in [2.05, 4.69) is 26.7 Å². The summed E-state index contributed by atoms with van der Waals surface area (Å²) < 4.78 is 5.41. The normalized spacial score (nSPS) is 20.2. The predicted molar refractivity (Wildman–Crippen MR) is 92.3 cm³/mol. The smallest absolute Gasteiger partial charge is 0.274 e. The average Bonchev–Trinajstić information content (AvgIpc) is 3.16. The van der Waals surface area contributed by atoms with Gasteiger partial charge < -0.3 is 14.5 Å². The Hall–Kier alpha value is -1.73. The fraction of sp³-hybridized carbons (Fsp3) is 0.706. The molecule has 1 atom stereocenters. The molecule has 132 valence electrons. The number of rotatable bonds is 5. The minimum Gasteiger partial charge on any atom is -0.379 e. The number of likely N-dealkylation sites (tertiary alicyclic amines) is 1. The van der Waals surface area contributed by atoms with E-state index in [4.69, 9.17) is 4.74 Å². The largest absolute Gasteiger partial charge is 0.379 e. The zero-order valence-corrected chi connectivity index (χ0v) is 14.6. The molecule has 3 rings (SSSR count). The average molecular weight is 333 g/mol. The molecule has 0 aromatic carbocycles. The van der Waals surface area contributed by atoms with Gasteiger partial charge in [0.25, 0.3) is 5.91 Å². The summed E-state index contributed by atoms with van der Waals surface area (Å²) in [6, 6.07) is 0.402. The van der Waals surface area contributed by atoms with Gasteiger partial charge in [-0.15, -0.1) is 0 Å². The van der Waals surface area contributed by atoms with E-state index in [1.807, 2.05) is 11.9 Å². The molecule has 0 N–H and O–H groups in total. The Labute approximate surface area is 143 Å². The Bertz CT molecular complexity index is 556. The summed E-state index contributed by atoms with van der Waals surface area (Å²) in [6.07, 6.45) is 5.46. The van der Waals surface area contributed by atoms with Crippen LogP contribution < -0.4 is 4.90 Å². The molecule has 0 bridgehead atoms. The van der Waals surface area contributed by atoms with Crippen LogP contribution in [-0.4, -0.2) is 84.7 Å².